The smallest absolute Gasteiger partial charge is 0.164 e. The predicted octanol–water partition coefficient (Wildman–Crippen LogP) is 1.26. The molecule has 0 aliphatic heterocycles. The Morgan fingerprint density at radius 2 is 2.36 bits per heavy atom. The third-order valence-electron chi connectivity index (χ3n) is 1.40. The highest BCUT2D eigenvalue weighted by atomic mass is 16.1. The highest BCUT2D eigenvalue weighted by Gasteiger charge is 2.01. The van der Waals surface area contributed by atoms with Gasteiger partial charge in [-0.05, 0) is 6.07 Å². The summed E-state index contributed by atoms with van der Waals surface area (Å²) < 4.78 is 0. The number of anilines is 1. The van der Waals surface area contributed by atoms with Crippen LogP contribution in [-0.4, -0.2) is 10.8 Å². The molecule has 0 saturated carbocycles. The van der Waals surface area contributed by atoms with E-state index in [-0.39, 0.29) is 5.78 Å². The quantitative estimate of drug-likeness (QED) is 0.645. The van der Waals surface area contributed by atoms with Crippen molar-refractivity contribution in [3.63, 3.8) is 0 Å². The first-order valence-electron chi connectivity index (χ1n) is 3.47. The van der Waals surface area contributed by atoms with E-state index in [4.69, 9.17) is 5.73 Å². The van der Waals surface area contributed by atoms with Crippen molar-refractivity contribution in [3.05, 3.63) is 24.0 Å². The number of nitrogen functional groups attached to an aromatic ring is 1. The van der Waals surface area contributed by atoms with Crippen LogP contribution in [0, 0.1) is 0 Å². The van der Waals surface area contributed by atoms with E-state index in [0.29, 0.717) is 17.7 Å². The van der Waals surface area contributed by atoms with Crippen LogP contribution in [-0.2, 0) is 0 Å². The summed E-state index contributed by atoms with van der Waals surface area (Å²) in [5.41, 5.74) is 6.56. The van der Waals surface area contributed by atoms with Crippen molar-refractivity contribution in [2.75, 3.05) is 5.73 Å². The number of carbonyl (C=O) groups is 1. The lowest BCUT2D eigenvalue weighted by Gasteiger charge is -1.96. The van der Waals surface area contributed by atoms with E-state index in [1.54, 1.807) is 6.07 Å². The number of hydrogen-bond donors (Lipinski definition) is 1. The zero-order chi connectivity index (χ0) is 8.27. The molecule has 3 nitrogen and oxygen atoms in total. The molecule has 0 bridgehead atoms. The fraction of sp³-hybridized carbons (Fsp3) is 0.250. The first-order chi connectivity index (χ1) is 5.24. The van der Waals surface area contributed by atoms with Crippen LogP contribution < -0.4 is 5.73 Å². The molecular formula is C8H10N2O. The Kier molecular flexibility index (Phi) is 2.21. The molecule has 0 radical (unpaired) electrons. The zero-order valence-corrected chi connectivity index (χ0v) is 6.37. The van der Waals surface area contributed by atoms with Crippen molar-refractivity contribution < 1.29 is 4.79 Å². The molecule has 0 spiro atoms. The lowest BCUT2D eigenvalue weighted by molar-refractivity contribution is 0.0988. The maximum atomic E-state index is 11.1. The van der Waals surface area contributed by atoms with Crippen LogP contribution in [0.1, 0.15) is 23.7 Å². The van der Waals surface area contributed by atoms with Crippen LogP contribution in [0.4, 0.5) is 5.69 Å². The van der Waals surface area contributed by atoms with Gasteiger partial charge >= 0.3 is 0 Å². The number of hydrogen-bond acceptors (Lipinski definition) is 3. The van der Waals surface area contributed by atoms with E-state index in [1.807, 2.05) is 6.92 Å². The SMILES string of the molecule is CCC(=O)c1cncc(N)c1. The summed E-state index contributed by atoms with van der Waals surface area (Å²) in [4.78, 5) is 14.9. The summed E-state index contributed by atoms with van der Waals surface area (Å²) >= 11 is 0. The Labute approximate surface area is 65.2 Å². The van der Waals surface area contributed by atoms with Gasteiger partial charge in [-0.1, -0.05) is 6.92 Å². The molecule has 0 amide bonds. The normalized spacial score (nSPS) is 9.55. The minimum atomic E-state index is 0.0739. The fourth-order valence-corrected chi connectivity index (χ4v) is 0.814. The molecule has 0 saturated heterocycles. The highest BCUT2D eigenvalue weighted by molar-refractivity contribution is 5.96. The number of nitrogens with two attached hydrogens (primary N) is 1. The Morgan fingerprint density at radius 1 is 1.64 bits per heavy atom. The second-order valence-electron chi connectivity index (χ2n) is 2.28. The standard InChI is InChI=1S/C8H10N2O/c1-2-8(11)6-3-7(9)5-10-4-6/h3-5H,2,9H2,1H3. The van der Waals surface area contributed by atoms with Gasteiger partial charge in [-0.15, -0.1) is 0 Å². The van der Waals surface area contributed by atoms with E-state index < -0.39 is 0 Å². The molecule has 1 aromatic rings. The number of Topliss-reactive ketones (excluding diaryl/α,β-unsaturated/α-hetero) is 1. The van der Waals surface area contributed by atoms with Crippen molar-refractivity contribution >= 4 is 11.5 Å². The van der Waals surface area contributed by atoms with E-state index in [2.05, 4.69) is 4.98 Å². The number of carbonyl (C=O) groups excluding carboxylic acids is 1. The van der Waals surface area contributed by atoms with Gasteiger partial charge in [0.2, 0.25) is 0 Å². The summed E-state index contributed by atoms with van der Waals surface area (Å²) in [6.45, 7) is 1.81. The average molecular weight is 150 g/mol. The summed E-state index contributed by atoms with van der Waals surface area (Å²) in [6, 6.07) is 1.64. The van der Waals surface area contributed by atoms with E-state index in [0.717, 1.165) is 0 Å². The number of ketones is 1. The Balaban J connectivity index is 2.96. The maximum Gasteiger partial charge on any atom is 0.164 e. The molecule has 11 heavy (non-hydrogen) atoms. The van der Waals surface area contributed by atoms with E-state index >= 15 is 0 Å². The van der Waals surface area contributed by atoms with Crippen molar-refractivity contribution in [1.82, 2.24) is 4.98 Å². The molecular weight excluding hydrogens is 140 g/mol. The van der Waals surface area contributed by atoms with Crippen molar-refractivity contribution in [2.24, 2.45) is 0 Å². The molecule has 0 aliphatic rings. The largest absolute Gasteiger partial charge is 0.397 e. The minimum absolute atomic E-state index is 0.0739. The van der Waals surface area contributed by atoms with Crippen molar-refractivity contribution in [3.8, 4) is 0 Å². The van der Waals surface area contributed by atoms with E-state index in [1.165, 1.54) is 12.4 Å². The minimum Gasteiger partial charge on any atom is -0.397 e. The van der Waals surface area contributed by atoms with Gasteiger partial charge in [-0.3, -0.25) is 9.78 Å². The highest BCUT2D eigenvalue weighted by Crippen LogP contribution is 2.05. The zero-order valence-electron chi connectivity index (χ0n) is 6.37. The second kappa shape index (κ2) is 3.14. The van der Waals surface area contributed by atoms with Crippen molar-refractivity contribution in [1.29, 1.82) is 0 Å². The first kappa shape index (κ1) is 7.72. The third kappa shape index (κ3) is 1.77. The number of rotatable bonds is 2. The molecule has 0 fully saturated rings. The topological polar surface area (TPSA) is 56.0 Å². The summed E-state index contributed by atoms with van der Waals surface area (Å²) in [7, 11) is 0. The van der Waals surface area contributed by atoms with Gasteiger partial charge in [0.15, 0.2) is 5.78 Å². The third-order valence-corrected chi connectivity index (χ3v) is 1.40. The van der Waals surface area contributed by atoms with Crippen LogP contribution >= 0.6 is 0 Å². The lowest BCUT2D eigenvalue weighted by atomic mass is 10.1. The van der Waals surface area contributed by atoms with Crippen LogP contribution in [0.2, 0.25) is 0 Å². The molecule has 0 unspecified atom stereocenters. The predicted molar refractivity (Wildman–Crippen MR) is 43.3 cm³/mol. The van der Waals surface area contributed by atoms with Gasteiger partial charge in [-0.25, -0.2) is 0 Å². The maximum absolute atomic E-state index is 11.1. The Bertz CT molecular complexity index is 271. The molecule has 58 valence electrons. The van der Waals surface area contributed by atoms with Crippen LogP contribution in [0.3, 0.4) is 0 Å². The van der Waals surface area contributed by atoms with Crippen molar-refractivity contribution in [2.45, 2.75) is 13.3 Å². The fourth-order valence-electron chi connectivity index (χ4n) is 0.814. The molecule has 0 aliphatic carbocycles. The molecule has 1 heterocycles. The van der Waals surface area contributed by atoms with Gasteiger partial charge in [-0.2, -0.15) is 0 Å². The molecule has 0 atom stereocenters. The summed E-state index contributed by atoms with van der Waals surface area (Å²) in [5, 5.41) is 0. The summed E-state index contributed by atoms with van der Waals surface area (Å²) in [5.74, 6) is 0.0739. The number of nitrogens with zero attached hydrogens (tertiary/aromatic N) is 1. The lowest BCUT2D eigenvalue weighted by Crippen LogP contribution is -1.98. The Morgan fingerprint density at radius 3 is 2.91 bits per heavy atom. The molecule has 0 aromatic carbocycles. The van der Waals surface area contributed by atoms with Gasteiger partial charge in [0.25, 0.3) is 0 Å². The van der Waals surface area contributed by atoms with Gasteiger partial charge in [0.05, 0.1) is 5.69 Å². The number of aromatic nitrogens is 1. The van der Waals surface area contributed by atoms with Crippen LogP contribution in [0.15, 0.2) is 18.5 Å². The van der Waals surface area contributed by atoms with Gasteiger partial charge < -0.3 is 5.73 Å². The molecule has 1 rings (SSSR count). The van der Waals surface area contributed by atoms with Crippen LogP contribution in [0.25, 0.3) is 0 Å². The average Bonchev–Trinajstić information content (AvgIpc) is 2.03. The molecule has 1 aromatic heterocycles. The van der Waals surface area contributed by atoms with Gasteiger partial charge in [0, 0.05) is 24.4 Å². The molecule has 2 N–H and O–H groups in total. The Hall–Kier alpha value is -1.38. The summed E-state index contributed by atoms with van der Waals surface area (Å²) in [6.07, 6.45) is 3.54. The first-order valence-corrected chi connectivity index (χ1v) is 3.47. The van der Waals surface area contributed by atoms with Gasteiger partial charge in [0.1, 0.15) is 0 Å². The molecule has 3 heteroatoms. The monoisotopic (exact) mass is 150 g/mol. The van der Waals surface area contributed by atoms with E-state index in [9.17, 15) is 4.79 Å². The van der Waals surface area contributed by atoms with Crippen LogP contribution in [0.5, 0.6) is 0 Å². The number of pyridine rings is 1. The second-order valence-corrected chi connectivity index (χ2v) is 2.28.